The first kappa shape index (κ1) is 27.3. The zero-order valence-corrected chi connectivity index (χ0v) is 22.0. The third-order valence-electron chi connectivity index (χ3n) is 6.36. The van der Waals surface area contributed by atoms with E-state index in [1.54, 1.807) is 12.1 Å². The summed E-state index contributed by atoms with van der Waals surface area (Å²) in [5.41, 5.74) is 1.11. The van der Waals surface area contributed by atoms with E-state index in [0.717, 1.165) is 63.3 Å². The standard InChI is InChI=1S/C24H40FN5O.HI/c1-20-6-5-13-29(19-20)12-4-3-11-27-24(26-2)28-18-23(30-14-16-31-17-15-30)21-7-9-22(25)10-8-21;/h7-10,20,23H,3-6,11-19H2,1-2H3,(H2,26,27,28);1H. The fourth-order valence-corrected chi connectivity index (χ4v) is 4.60. The minimum Gasteiger partial charge on any atom is -0.379 e. The van der Waals surface area contributed by atoms with Crippen molar-refractivity contribution in [1.82, 2.24) is 20.4 Å². The van der Waals surface area contributed by atoms with Gasteiger partial charge in [-0.2, -0.15) is 0 Å². The quantitative estimate of drug-likeness (QED) is 0.209. The number of halogens is 2. The zero-order chi connectivity index (χ0) is 21.9. The molecule has 0 spiro atoms. The van der Waals surface area contributed by atoms with Crippen molar-refractivity contribution in [1.29, 1.82) is 0 Å². The number of guanidine groups is 1. The van der Waals surface area contributed by atoms with Gasteiger partial charge in [0.2, 0.25) is 0 Å². The van der Waals surface area contributed by atoms with Crippen molar-refractivity contribution in [2.45, 2.75) is 38.6 Å². The lowest BCUT2D eigenvalue weighted by molar-refractivity contribution is 0.0170. The molecule has 0 aliphatic carbocycles. The number of benzene rings is 1. The second-order valence-electron chi connectivity index (χ2n) is 8.85. The molecule has 0 bridgehead atoms. The number of nitrogens with zero attached hydrogens (tertiary/aromatic N) is 3. The molecule has 1 aromatic carbocycles. The van der Waals surface area contributed by atoms with Gasteiger partial charge >= 0.3 is 0 Å². The van der Waals surface area contributed by atoms with Gasteiger partial charge in [-0.25, -0.2) is 4.39 Å². The predicted molar refractivity (Wildman–Crippen MR) is 140 cm³/mol. The minimum absolute atomic E-state index is 0. The van der Waals surface area contributed by atoms with Crippen LogP contribution in [0, 0.1) is 11.7 Å². The molecule has 32 heavy (non-hydrogen) atoms. The van der Waals surface area contributed by atoms with Crippen LogP contribution in [0.5, 0.6) is 0 Å². The lowest BCUT2D eigenvalue weighted by Crippen LogP contribution is -2.46. The number of rotatable bonds is 9. The molecule has 182 valence electrons. The minimum atomic E-state index is -0.200. The van der Waals surface area contributed by atoms with Crippen molar-refractivity contribution in [3.63, 3.8) is 0 Å². The highest BCUT2D eigenvalue weighted by atomic mass is 127. The smallest absolute Gasteiger partial charge is 0.191 e. The van der Waals surface area contributed by atoms with Crippen molar-refractivity contribution in [3.05, 3.63) is 35.6 Å². The molecule has 2 aliphatic heterocycles. The molecule has 2 fully saturated rings. The van der Waals surface area contributed by atoms with Gasteiger partial charge in [-0.15, -0.1) is 24.0 Å². The first-order valence-electron chi connectivity index (χ1n) is 11.9. The Kier molecular flexibility index (Phi) is 12.8. The first-order chi connectivity index (χ1) is 15.2. The molecule has 0 saturated carbocycles. The van der Waals surface area contributed by atoms with Crippen LogP contribution in [0.3, 0.4) is 0 Å². The van der Waals surface area contributed by atoms with Gasteiger partial charge < -0.3 is 20.3 Å². The monoisotopic (exact) mass is 561 g/mol. The maximum absolute atomic E-state index is 13.4. The molecular weight excluding hydrogens is 520 g/mol. The molecule has 0 radical (unpaired) electrons. The SMILES string of the molecule is CN=C(NCCCCN1CCCC(C)C1)NCC(c1ccc(F)cc1)N1CCOCC1.I. The summed E-state index contributed by atoms with van der Waals surface area (Å²) in [5.74, 6) is 1.47. The second kappa shape index (κ2) is 15.0. The molecule has 2 heterocycles. The van der Waals surface area contributed by atoms with Crippen LogP contribution in [-0.2, 0) is 4.74 Å². The fourth-order valence-electron chi connectivity index (χ4n) is 4.60. The number of hydrogen-bond acceptors (Lipinski definition) is 4. The Labute approximate surface area is 210 Å². The Hall–Kier alpha value is -0.970. The van der Waals surface area contributed by atoms with E-state index in [9.17, 15) is 4.39 Å². The number of morpholine rings is 1. The molecule has 2 aliphatic rings. The molecule has 2 unspecified atom stereocenters. The topological polar surface area (TPSA) is 52.1 Å². The van der Waals surface area contributed by atoms with Crippen LogP contribution in [0.25, 0.3) is 0 Å². The van der Waals surface area contributed by atoms with E-state index in [2.05, 4.69) is 32.3 Å². The Balaban J connectivity index is 0.00000363. The summed E-state index contributed by atoms with van der Waals surface area (Å²) in [4.78, 5) is 9.40. The molecule has 8 heteroatoms. The molecule has 6 nitrogen and oxygen atoms in total. The molecule has 2 saturated heterocycles. The van der Waals surface area contributed by atoms with Crippen molar-refractivity contribution in [3.8, 4) is 0 Å². The van der Waals surface area contributed by atoms with Gasteiger partial charge in [0.25, 0.3) is 0 Å². The molecular formula is C24H41FIN5O. The zero-order valence-electron chi connectivity index (χ0n) is 19.7. The summed E-state index contributed by atoms with van der Waals surface area (Å²) < 4.78 is 18.9. The summed E-state index contributed by atoms with van der Waals surface area (Å²) in [6, 6.07) is 7.01. The highest BCUT2D eigenvalue weighted by molar-refractivity contribution is 14.0. The normalized spacial score (nSPS) is 21.6. The van der Waals surface area contributed by atoms with Gasteiger partial charge in [-0.3, -0.25) is 9.89 Å². The van der Waals surface area contributed by atoms with Crippen LogP contribution in [0.2, 0.25) is 0 Å². The van der Waals surface area contributed by atoms with Crippen LogP contribution in [0.1, 0.15) is 44.2 Å². The van der Waals surface area contributed by atoms with E-state index in [1.807, 2.05) is 19.2 Å². The molecule has 2 N–H and O–H groups in total. The van der Waals surface area contributed by atoms with E-state index in [1.165, 1.54) is 38.9 Å². The average molecular weight is 562 g/mol. The van der Waals surface area contributed by atoms with E-state index in [-0.39, 0.29) is 35.8 Å². The van der Waals surface area contributed by atoms with Crippen LogP contribution in [0.15, 0.2) is 29.3 Å². The predicted octanol–water partition coefficient (Wildman–Crippen LogP) is 3.49. The largest absolute Gasteiger partial charge is 0.379 e. The molecule has 0 amide bonds. The van der Waals surface area contributed by atoms with Crippen molar-refractivity contribution in [2.24, 2.45) is 10.9 Å². The number of unbranched alkanes of at least 4 members (excludes halogenated alkanes) is 1. The Morgan fingerprint density at radius 2 is 1.91 bits per heavy atom. The number of piperidine rings is 1. The number of likely N-dealkylation sites (tertiary alicyclic amines) is 1. The number of nitrogens with one attached hydrogen (secondary N) is 2. The second-order valence-corrected chi connectivity index (χ2v) is 8.85. The van der Waals surface area contributed by atoms with Crippen LogP contribution in [0.4, 0.5) is 4.39 Å². The maximum atomic E-state index is 13.4. The maximum Gasteiger partial charge on any atom is 0.191 e. The van der Waals surface area contributed by atoms with Gasteiger partial charge in [0.15, 0.2) is 5.96 Å². The lowest BCUT2D eigenvalue weighted by atomic mass is 10.0. The number of hydrogen-bond donors (Lipinski definition) is 2. The Morgan fingerprint density at radius 1 is 1.16 bits per heavy atom. The van der Waals surface area contributed by atoms with E-state index in [0.29, 0.717) is 0 Å². The van der Waals surface area contributed by atoms with Crippen LogP contribution >= 0.6 is 24.0 Å². The van der Waals surface area contributed by atoms with E-state index in [4.69, 9.17) is 4.74 Å². The van der Waals surface area contributed by atoms with Gasteiger partial charge in [-0.05, 0) is 62.4 Å². The van der Waals surface area contributed by atoms with Gasteiger partial charge in [0.1, 0.15) is 5.82 Å². The molecule has 0 aromatic heterocycles. The fraction of sp³-hybridized carbons (Fsp3) is 0.708. The third kappa shape index (κ3) is 9.11. The first-order valence-corrected chi connectivity index (χ1v) is 11.9. The summed E-state index contributed by atoms with van der Waals surface area (Å²) >= 11 is 0. The van der Waals surface area contributed by atoms with Crippen LogP contribution < -0.4 is 10.6 Å². The Morgan fingerprint density at radius 3 is 2.59 bits per heavy atom. The van der Waals surface area contributed by atoms with Gasteiger partial charge in [0.05, 0.1) is 19.3 Å². The average Bonchev–Trinajstić information content (AvgIpc) is 2.79. The summed E-state index contributed by atoms with van der Waals surface area (Å²) in [5, 5.41) is 6.93. The lowest BCUT2D eigenvalue weighted by Gasteiger charge is -2.35. The highest BCUT2D eigenvalue weighted by Gasteiger charge is 2.23. The van der Waals surface area contributed by atoms with E-state index >= 15 is 0 Å². The van der Waals surface area contributed by atoms with Gasteiger partial charge in [0, 0.05) is 39.8 Å². The molecule has 1 aromatic rings. The highest BCUT2D eigenvalue weighted by Crippen LogP contribution is 2.21. The summed E-state index contributed by atoms with van der Waals surface area (Å²) in [6.45, 7) is 10.9. The van der Waals surface area contributed by atoms with Crippen molar-refractivity contribution < 1.29 is 9.13 Å². The van der Waals surface area contributed by atoms with Crippen molar-refractivity contribution in [2.75, 3.05) is 66.1 Å². The van der Waals surface area contributed by atoms with Crippen molar-refractivity contribution >= 4 is 29.9 Å². The Bertz CT molecular complexity index is 669. The summed E-state index contributed by atoms with van der Waals surface area (Å²) in [6.07, 6.45) is 5.07. The summed E-state index contributed by atoms with van der Waals surface area (Å²) in [7, 11) is 1.81. The van der Waals surface area contributed by atoms with E-state index < -0.39 is 0 Å². The molecule has 2 atom stereocenters. The third-order valence-corrected chi connectivity index (χ3v) is 6.36. The number of aliphatic imine (C=N–C) groups is 1. The molecule has 3 rings (SSSR count). The van der Waals surface area contributed by atoms with Gasteiger partial charge in [-0.1, -0.05) is 19.1 Å². The van der Waals surface area contributed by atoms with Crippen LogP contribution in [-0.4, -0.2) is 81.8 Å². The number of ether oxygens (including phenoxy) is 1.